The normalized spacial score (nSPS) is 13.1. The first-order valence-electron chi connectivity index (χ1n) is 11.3. The van der Waals surface area contributed by atoms with Crippen molar-refractivity contribution in [1.82, 2.24) is 5.32 Å². The van der Waals surface area contributed by atoms with Gasteiger partial charge in [-0.05, 0) is 58.7 Å². The monoisotopic (exact) mass is 459 g/mol. The van der Waals surface area contributed by atoms with Gasteiger partial charge in [0.05, 0.1) is 12.1 Å². The van der Waals surface area contributed by atoms with E-state index in [1.54, 1.807) is 24.3 Å². The number of nitrogens with one attached hydrogen (secondary N) is 1. The van der Waals surface area contributed by atoms with Crippen molar-refractivity contribution in [2.75, 3.05) is 0 Å². The number of fused-ring (bicyclic) bond motifs is 1. The summed E-state index contributed by atoms with van der Waals surface area (Å²) in [5, 5.41) is 14.9. The molecule has 1 amide bonds. The Balaban J connectivity index is 1.65. The van der Waals surface area contributed by atoms with Crippen molar-refractivity contribution in [1.29, 1.82) is 0 Å². The van der Waals surface area contributed by atoms with Gasteiger partial charge in [-0.15, -0.1) is 0 Å². The topological polar surface area (TPSA) is 49.3 Å². The largest absolute Gasteiger partial charge is 0.386 e. The highest BCUT2D eigenvalue weighted by molar-refractivity contribution is 6.07. The van der Waals surface area contributed by atoms with Gasteiger partial charge in [0.25, 0.3) is 5.91 Å². The molecule has 0 spiro atoms. The molecule has 2 atom stereocenters. The first-order valence-corrected chi connectivity index (χ1v) is 11.3. The zero-order valence-corrected chi connectivity index (χ0v) is 19.1. The van der Waals surface area contributed by atoms with Gasteiger partial charge >= 0.3 is 0 Å². The van der Waals surface area contributed by atoms with Crippen LogP contribution in [-0.4, -0.2) is 17.1 Å². The number of carbonyl (C=O) groups is 1. The molecule has 5 heteroatoms. The molecule has 174 valence electrons. The molecule has 0 radical (unpaired) electrons. The molecule has 0 saturated heterocycles. The number of aliphatic hydroxyl groups excluding tert-OH is 1. The highest BCUT2D eigenvalue weighted by Crippen LogP contribution is 2.25. The van der Waals surface area contributed by atoms with Gasteiger partial charge < -0.3 is 10.4 Å². The van der Waals surface area contributed by atoms with E-state index in [0.29, 0.717) is 34.2 Å². The molecule has 4 rings (SSSR count). The van der Waals surface area contributed by atoms with Gasteiger partial charge in [0.1, 0.15) is 11.6 Å². The van der Waals surface area contributed by atoms with E-state index in [4.69, 9.17) is 0 Å². The van der Waals surface area contributed by atoms with E-state index < -0.39 is 29.7 Å². The molecule has 0 heterocycles. The first-order chi connectivity index (χ1) is 16.3. The van der Waals surface area contributed by atoms with Crippen LogP contribution in [0.4, 0.5) is 8.78 Å². The highest BCUT2D eigenvalue weighted by atomic mass is 19.1. The molecule has 0 aliphatic heterocycles. The zero-order valence-electron chi connectivity index (χ0n) is 19.1. The number of hydrogen-bond donors (Lipinski definition) is 2. The fourth-order valence-corrected chi connectivity index (χ4v) is 4.13. The number of hydrogen-bond acceptors (Lipinski definition) is 2. The number of aliphatic hydroxyl groups is 1. The maximum absolute atomic E-state index is 14.2. The SMILES string of the molecule is CC(C)c1ccc(CC(NC(=O)c2ccc(F)c3ccccc23)C(O)c2ccc(F)cc2)cc1. The van der Waals surface area contributed by atoms with Crippen molar-refractivity contribution in [3.8, 4) is 0 Å². The molecule has 0 aliphatic rings. The average Bonchev–Trinajstić information content (AvgIpc) is 2.84. The van der Waals surface area contributed by atoms with Gasteiger partial charge in [0.2, 0.25) is 0 Å². The number of benzene rings is 4. The van der Waals surface area contributed by atoms with E-state index in [1.807, 2.05) is 24.3 Å². The Labute approximate surface area is 198 Å². The third-order valence-electron chi connectivity index (χ3n) is 6.13. The average molecular weight is 460 g/mol. The molecule has 2 N–H and O–H groups in total. The number of carbonyl (C=O) groups excluding carboxylic acids is 1. The zero-order chi connectivity index (χ0) is 24.2. The van der Waals surface area contributed by atoms with Crippen molar-refractivity contribution in [2.24, 2.45) is 0 Å². The molecular formula is C29H27F2NO2. The summed E-state index contributed by atoms with van der Waals surface area (Å²) in [6.07, 6.45) is -0.706. The Morgan fingerprint density at radius 3 is 2.09 bits per heavy atom. The molecule has 4 aromatic rings. The Kier molecular flexibility index (Phi) is 7.03. The van der Waals surface area contributed by atoms with E-state index in [2.05, 4.69) is 19.2 Å². The van der Waals surface area contributed by atoms with Crippen molar-refractivity contribution >= 4 is 16.7 Å². The van der Waals surface area contributed by atoms with Crippen molar-refractivity contribution in [3.63, 3.8) is 0 Å². The van der Waals surface area contributed by atoms with Crippen LogP contribution >= 0.6 is 0 Å². The summed E-state index contributed by atoms with van der Waals surface area (Å²) in [6, 6.07) is 22.4. The lowest BCUT2D eigenvalue weighted by Gasteiger charge is -2.25. The smallest absolute Gasteiger partial charge is 0.252 e. The Hall–Kier alpha value is -3.57. The lowest BCUT2D eigenvalue weighted by Crippen LogP contribution is -2.41. The minimum Gasteiger partial charge on any atom is -0.386 e. The van der Waals surface area contributed by atoms with Crippen LogP contribution in [0, 0.1) is 11.6 Å². The van der Waals surface area contributed by atoms with E-state index >= 15 is 0 Å². The molecule has 0 bridgehead atoms. The highest BCUT2D eigenvalue weighted by Gasteiger charge is 2.25. The minimum atomic E-state index is -1.07. The van der Waals surface area contributed by atoms with Crippen molar-refractivity contribution in [2.45, 2.75) is 38.3 Å². The fraction of sp³-hybridized carbons (Fsp3) is 0.207. The Bertz CT molecular complexity index is 1280. The second-order valence-corrected chi connectivity index (χ2v) is 8.82. The maximum atomic E-state index is 14.2. The molecule has 0 saturated carbocycles. The Morgan fingerprint density at radius 1 is 0.824 bits per heavy atom. The van der Waals surface area contributed by atoms with Gasteiger partial charge in [-0.2, -0.15) is 0 Å². The van der Waals surface area contributed by atoms with Crippen LogP contribution in [-0.2, 0) is 6.42 Å². The van der Waals surface area contributed by atoms with Crippen LogP contribution in [0.5, 0.6) is 0 Å². The van der Waals surface area contributed by atoms with E-state index in [1.165, 1.54) is 42.0 Å². The summed E-state index contributed by atoms with van der Waals surface area (Å²) in [5.41, 5.74) is 2.96. The van der Waals surface area contributed by atoms with E-state index in [9.17, 15) is 18.7 Å². The summed E-state index contributed by atoms with van der Waals surface area (Å²) in [4.78, 5) is 13.3. The second-order valence-electron chi connectivity index (χ2n) is 8.82. The summed E-state index contributed by atoms with van der Waals surface area (Å²) < 4.78 is 27.7. The van der Waals surface area contributed by atoms with E-state index in [0.717, 1.165) is 5.56 Å². The third kappa shape index (κ3) is 5.15. The fourth-order valence-electron chi connectivity index (χ4n) is 4.13. The molecule has 0 fully saturated rings. The summed E-state index contributed by atoms with van der Waals surface area (Å²) in [6.45, 7) is 4.23. The molecule has 4 aromatic carbocycles. The number of amides is 1. The summed E-state index contributed by atoms with van der Waals surface area (Å²) >= 11 is 0. The minimum absolute atomic E-state index is 0.323. The van der Waals surface area contributed by atoms with Crippen molar-refractivity contribution < 1.29 is 18.7 Å². The van der Waals surface area contributed by atoms with Gasteiger partial charge in [-0.1, -0.05) is 74.5 Å². The first kappa shape index (κ1) is 23.6. The number of halogens is 2. The van der Waals surface area contributed by atoms with Gasteiger partial charge in [-0.3, -0.25) is 4.79 Å². The number of rotatable bonds is 7. The quantitative estimate of drug-likeness (QED) is 0.340. The molecule has 2 unspecified atom stereocenters. The van der Waals surface area contributed by atoms with Gasteiger partial charge in [0.15, 0.2) is 0 Å². The molecular weight excluding hydrogens is 432 g/mol. The molecule has 34 heavy (non-hydrogen) atoms. The van der Waals surface area contributed by atoms with Crippen LogP contribution < -0.4 is 5.32 Å². The van der Waals surface area contributed by atoms with Crippen LogP contribution in [0.3, 0.4) is 0 Å². The van der Waals surface area contributed by atoms with E-state index in [-0.39, 0.29) is 0 Å². The Morgan fingerprint density at radius 2 is 1.44 bits per heavy atom. The lowest BCUT2D eigenvalue weighted by atomic mass is 9.93. The molecule has 0 aromatic heterocycles. The van der Waals surface area contributed by atoms with Crippen LogP contribution in [0.2, 0.25) is 0 Å². The van der Waals surface area contributed by atoms with Gasteiger partial charge in [0, 0.05) is 10.9 Å². The second kappa shape index (κ2) is 10.1. The maximum Gasteiger partial charge on any atom is 0.252 e. The predicted molar refractivity (Wildman–Crippen MR) is 131 cm³/mol. The predicted octanol–water partition coefficient (Wildman–Crippen LogP) is 6.32. The van der Waals surface area contributed by atoms with Gasteiger partial charge in [-0.25, -0.2) is 8.78 Å². The third-order valence-corrected chi connectivity index (χ3v) is 6.13. The molecule has 3 nitrogen and oxygen atoms in total. The molecule has 0 aliphatic carbocycles. The van der Waals surface area contributed by atoms with Crippen LogP contribution in [0.15, 0.2) is 84.9 Å². The summed E-state index contributed by atoms with van der Waals surface area (Å²) in [5.74, 6) is -0.832. The van der Waals surface area contributed by atoms with Crippen molar-refractivity contribution in [3.05, 3.63) is 119 Å². The van der Waals surface area contributed by atoms with Crippen LogP contribution in [0.1, 0.15) is 52.9 Å². The lowest BCUT2D eigenvalue weighted by molar-refractivity contribution is 0.0833. The standard InChI is InChI=1S/C29H27F2NO2/c1-18(2)20-9-7-19(8-10-20)17-27(28(33)21-11-13-22(30)14-12-21)32-29(34)25-15-16-26(31)24-6-4-3-5-23(24)25/h3-16,18,27-28,33H,17H2,1-2H3,(H,32,34). The van der Waals surface area contributed by atoms with Crippen LogP contribution in [0.25, 0.3) is 10.8 Å². The summed E-state index contributed by atoms with van der Waals surface area (Å²) in [7, 11) is 0.